The fourth-order valence-corrected chi connectivity index (χ4v) is 4.31. The van der Waals surface area contributed by atoms with Crippen molar-refractivity contribution in [3.8, 4) is 45.4 Å². The van der Waals surface area contributed by atoms with Crippen LogP contribution in [0.25, 0.3) is 51.1 Å². The van der Waals surface area contributed by atoms with Gasteiger partial charge in [0.2, 0.25) is 5.89 Å². The van der Waals surface area contributed by atoms with E-state index in [4.69, 9.17) is 9.40 Å². The first-order valence-corrected chi connectivity index (χ1v) is 11.7. The summed E-state index contributed by atoms with van der Waals surface area (Å²) >= 11 is 1.65. The monoisotopic (exact) mass is 465 g/mol. The Labute approximate surface area is 202 Å². The molecule has 3 aromatic heterocycles. The topological polar surface area (TPSA) is 67.9 Å². The highest BCUT2D eigenvalue weighted by Crippen LogP contribution is 2.34. The molecule has 0 radical (unpaired) electrons. The SMILES string of the molecule is C=C(c1ccc(-c2cnc(C)c(-c3nnc(-c4ccccc4-c4ccsc4)o3)n2)cc1)N(C)C. The standard InChI is InChI=1S/C27H23N5OS/c1-17-25(29-24(15-28-17)20-11-9-19(10-12-20)18(2)32(3)4)27-31-30-26(33-27)23-8-6-5-7-22(23)21-13-14-34-16-21/h5-16H,2H2,1,3-4H3. The Bertz CT molecular complexity index is 1450. The first-order chi connectivity index (χ1) is 16.5. The van der Waals surface area contributed by atoms with Crippen molar-refractivity contribution in [2.24, 2.45) is 0 Å². The molecule has 0 unspecified atom stereocenters. The molecule has 0 aliphatic carbocycles. The van der Waals surface area contributed by atoms with Crippen molar-refractivity contribution in [3.05, 3.63) is 89.4 Å². The van der Waals surface area contributed by atoms with Gasteiger partial charge in [-0.2, -0.15) is 11.3 Å². The summed E-state index contributed by atoms with van der Waals surface area (Å²) in [6, 6.07) is 18.2. The minimum Gasteiger partial charge on any atom is -0.415 e. The Hall–Kier alpha value is -4.10. The highest BCUT2D eigenvalue weighted by Gasteiger charge is 2.18. The van der Waals surface area contributed by atoms with E-state index in [1.165, 1.54) is 0 Å². The van der Waals surface area contributed by atoms with Crippen LogP contribution < -0.4 is 0 Å². The maximum absolute atomic E-state index is 6.10. The molecular formula is C27H23N5OS. The smallest absolute Gasteiger partial charge is 0.268 e. The van der Waals surface area contributed by atoms with Crippen molar-refractivity contribution in [2.75, 3.05) is 14.1 Å². The molecule has 0 saturated heterocycles. The number of hydrogen-bond donors (Lipinski definition) is 0. The average molecular weight is 466 g/mol. The summed E-state index contributed by atoms with van der Waals surface area (Å²) < 4.78 is 6.10. The van der Waals surface area contributed by atoms with E-state index < -0.39 is 0 Å². The fourth-order valence-electron chi connectivity index (χ4n) is 3.65. The zero-order valence-electron chi connectivity index (χ0n) is 19.2. The van der Waals surface area contributed by atoms with Crippen LogP contribution in [0.1, 0.15) is 11.3 Å². The molecule has 0 N–H and O–H groups in total. The predicted molar refractivity (Wildman–Crippen MR) is 137 cm³/mol. The second kappa shape index (κ2) is 9.03. The van der Waals surface area contributed by atoms with Crippen LogP contribution in [0.2, 0.25) is 0 Å². The number of thiophene rings is 1. The summed E-state index contributed by atoms with van der Waals surface area (Å²) in [5.41, 5.74) is 8.05. The summed E-state index contributed by atoms with van der Waals surface area (Å²) in [6.07, 6.45) is 1.76. The van der Waals surface area contributed by atoms with Crippen molar-refractivity contribution >= 4 is 17.0 Å². The Morgan fingerprint density at radius 3 is 2.35 bits per heavy atom. The Morgan fingerprint density at radius 1 is 0.912 bits per heavy atom. The quantitative estimate of drug-likeness (QED) is 0.288. The van der Waals surface area contributed by atoms with Gasteiger partial charge in [0.25, 0.3) is 5.89 Å². The third-order valence-electron chi connectivity index (χ3n) is 5.63. The number of aromatic nitrogens is 4. The molecule has 0 aliphatic heterocycles. The average Bonchev–Trinajstić information content (AvgIpc) is 3.57. The van der Waals surface area contributed by atoms with Gasteiger partial charge in [0.05, 0.1) is 17.6 Å². The number of benzene rings is 2. The molecule has 5 rings (SSSR count). The van der Waals surface area contributed by atoms with Gasteiger partial charge in [-0.3, -0.25) is 4.98 Å². The van der Waals surface area contributed by atoms with Crippen molar-refractivity contribution in [3.63, 3.8) is 0 Å². The molecule has 7 heteroatoms. The van der Waals surface area contributed by atoms with E-state index in [9.17, 15) is 0 Å². The molecule has 3 heterocycles. The van der Waals surface area contributed by atoms with Gasteiger partial charge < -0.3 is 9.32 Å². The third-order valence-corrected chi connectivity index (χ3v) is 6.31. The first-order valence-electron chi connectivity index (χ1n) is 10.8. The maximum Gasteiger partial charge on any atom is 0.268 e. The van der Waals surface area contributed by atoms with Gasteiger partial charge in [-0.05, 0) is 46.5 Å². The largest absolute Gasteiger partial charge is 0.415 e. The Balaban J connectivity index is 1.49. The number of rotatable bonds is 6. The van der Waals surface area contributed by atoms with E-state index in [0.717, 1.165) is 44.9 Å². The molecule has 34 heavy (non-hydrogen) atoms. The van der Waals surface area contributed by atoms with Gasteiger partial charge in [0.15, 0.2) is 0 Å². The van der Waals surface area contributed by atoms with Crippen LogP contribution in [0.3, 0.4) is 0 Å². The van der Waals surface area contributed by atoms with Crippen LogP contribution in [-0.2, 0) is 0 Å². The lowest BCUT2D eigenvalue weighted by molar-refractivity contribution is 0.581. The first kappa shape index (κ1) is 21.7. The fraction of sp³-hybridized carbons (Fsp3) is 0.111. The van der Waals surface area contributed by atoms with E-state index in [1.807, 2.05) is 68.4 Å². The molecule has 0 aliphatic rings. The third kappa shape index (κ3) is 4.13. The van der Waals surface area contributed by atoms with Crippen molar-refractivity contribution in [1.29, 1.82) is 0 Å². The second-order valence-corrected chi connectivity index (χ2v) is 8.86. The van der Waals surface area contributed by atoms with Gasteiger partial charge in [-0.1, -0.05) is 49.0 Å². The second-order valence-electron chi connectivity index (χ2n) is 8.08. The molecule has 0 fully saturated rings. The number of hydrogen-bond acceptors (Lipinski definition) is 7. The number of aryl methyl sites for hydroxylation is 1. The molecule has 0 spiro atoms. The summed E-state index contributed by atoms with van der Waals surface area (Å²) in [7, 11) is 3.96. The minimum absolute atomic E-state index is 0.347. The van der Waals surface area contributed by atoms with E-state index in [2.05, 4.69) is 44.7 Å². The minimum atomic E-state index is 0.347. The van der Waals surface area contributed by atoms with Gasteiger partial charge in [0.1, 0.15) is 5.69 Å². The molecule has 6 nitrogen and oxygen atoms in total. The van der Waals surface area contributed by atoms with E-state index in [0.29, 0.717) is 17.5 Å². The van der Waals surface area contributed by atoms with E-state index in [1.54, 1.807) is 17.5 Å². The highest BCUT2D eigenvalue weighted by atomic mass is 32.1. The van der Waals surface area contributed by atoms with Gasteiger partial charge in [-0.15, -0.1) is 10.2 Å². The van der Waals surface area contributed by atoms with Crippen molar-refractivity contribution in [2.45, 2.75) is 6.92 Å². The van der Waals surface area contributed by atoms with Crippen LogP contribution in [0.15, 0.2) is 82.6 Å². The number of nitrogens with zero attached hydrogens (tertiary/aromatic N) is 5. The zero-order valence-corrected chi connectivity index (χ0v) is 20.0. The van der Waals surface area contributed by atoms with Gasteiger partial charge in [0, 0.05) is 30.9 Å². The molecular weight excluding hydrogens is 442 g/mol. The highest BCUT2D eigenvalue weighted by molar-refractivity contribution is 7.08. The van der Waals surface area contributed by atoms with Crippen LogP contribution in [-0.4, -0.2) is 39.2 Å². The molecule has 5 aromatic rings. The molecule has 0 saturated carbocycles. The molecule has 168 valence electrons. The Kier molecular flexibility index (Phi) is 5.77. The van der Waals surface area contributed by atoms with Crippen molar-refractivity contribution in [1.82, 2.24) is 25.1 Å². The lowest BCUT2D eigenvalue weighted by atomic mass is 10.0. The Morgan fingerprint density at radius 2 is 1.65 bits per heavy atom. The summed E-state index contributed by atoms with van der Waals surface area (Å²) in [5.74, 6) is 0.800. The van der Waals surface area contributed by atoms with Crippen LogP contribution in [0.4, 0.5) is 0 Å². The lowest BCUT2D eigenvalue weighted by Gasteiger charge is -2.16. The van der Waals surface area contributed by atoms with E-state index in [-0.39, 0.29) is 0 Å². The lowest BCUT2D eigenvalue weighted by Crippen LogP contribution is -2.08. The molecule has 0 bridgehead atoms. The van der Waals surface area contributed by atoms with Crippen LogP contribution in [0.5, 0.6) is 0 Å². The van der Waals surface area contributed by atoms with Gasteiger partial charge >= 0.3 is 0 Å². The normalized spacial score (nSPS) is 10.9. The summed E-state index contributed by atoms with van der Waals surface area (Å²) in [5, 5.41) is 12.8. The summed E-state index contributed by atoms with van der Waals surface area (Å²) in [4.78, 5) is 11.3. The van der Waals surface area contributed by atoms with Crippen molar-refractivity contribution < 1.29 is 4.42 Å². The van der Waals surface area contributed by atoms with Gasteiger partial charge in [-0.25, -0.2) is 4.98 Å². The van der Waals surface area contributed by atoms with Crippen LogP contribution >= 0.6 is 11.3 Å². The van der Waals surface area contributed by atoms with Crippen LogP contribution in [0, 0.1) is 6.92 Å². The predicted octanol–water partition coefficient (Wildman–Crippen LogP) is 6.43. The molecule has 2 aromatic carbocycles. The zero-order chi connectivity index (χ0) is 23.7. The molecule has 0 amide bonds. The molecule has 0 atom stereocenters. The maximum atomic E-state index is 6.10. The van der Waals surface area contributed by atoms with E-state index >= 15 is 0 Å². The summed E-state index contributed by atoms with van der Waals surface area (Å²) in [6.45, 7) is 6.00.